The minimum absolute atomic E-state index is 0.146. The first-order valence-electron chi connectivity index (χ1n) is 8.75. The largest absolute Gasteiger partial charge is 0.493 e. The van der Waals surface area contributed by atoms with E-state index < -0.39 is 12.0 Å². The topological polar surface area (TPSA) is 67.8 Å². The monoisotopic (exact) mass is 521 g/mol. The lowest BCUT2D eigenvalue weighted by atomic mass is 10.1. The molecule has 2 N–H and O–H groups in total. The number of methoxy groups -OCH3 is 1. The van der Waals surface area contributed by atoms with E-state index >= 15 is 0 Å². The first-order chi connectivity index (χ1) is 13.9. The minimum Gasteiger partial charge on any atom is -0.493 e. The van der Waals surface area contributed by atoms with Crippen molar-refractivity contribution in [2.45, 2.75) is 25.6 Å². The molecule has 2 rings (SSSR count). The molecule has 0 bridgehead atoms. The van der Waals surface area contributed by atoms with Crippen molar-refractivity contribution < 1.29 is 19.4 Å². The molecule has 158 valence electrons. The Morgan fingerprint density at radius 1 is 1.24 bits per heavy atom. The Balaban J connectivity index is 2.26. The van der Waals surface area contributed by atoms with Gasteiger partial charge in [-0.3, -0.25) is 4.79 Å². The number of carboxylic acid groups (broad SMARTS) is 1. The highest BCUT2D eigenvalue weighted by Gasteiger charge is 2.20. The van der Waals surface area contributed by atoms with Gasteiger partial charge in [0.1, 0.15) is 12.6 Å². The molecule has 0 spiro atoms. The van der Waals surface area contributed by atoms with Crippen LogP contribution in [0.15, 0.2) is 34.8 Å². The molecule has 0 saturated heterocycles. The third-order valence-electron chi connectivity index (χ3n) is 4.24. The molecule has 29 heavy (non-hydrogen) atoms. The minimum atomic E-state index is -0.886. The van der Waals surface area contributed by atoms with Crippen molar-refractivity contribution >= 4 is 56.9 Å². The molecule has 9 heteroatoms. The predicted octanol–water partition coefficient (Wildman–Crippen LogP) is 5.64. The van der Waals surface area contributed by atoms with Crippen molar-refractivity contribution in [3.63, 3.8) is 0 Å². The number of benzene rings is 2. The molecule has 0 fully saturated rings. The van der Waals surface area contributed by atoms with Gasteiger partial charge in [0.25, 0.3) is 0 Å². The zero-order chi connectivity index (χ0) is 21.4. The van der Waals surface area contributed by atoms with Gasteiger partial charge in [0.2, 0.25) is 0 Å². The summed E-state index contributed by atoms with van der Waals surface area (Å²) in [7, 11) is 1.55. The van der Waals surface area contributed by atoms with Gasteiger partial charge in [0.05, 0.1) is 7.11 Å². The zero-order valence-corrected chi connectivity index (χ0v) is 19.9. The van der Waals surface area contributed by atoms with Crippen molar-refractivity contribution in [3.8, 4) is 11.5 Å². The van der Waals surface area contributed by atoms with Gasteiger partial charge in [-0.1, -0.05) is 45.2 Å². The lowest BCUT2D eigenvalue weighted by molar-refractivity contribution is -0.139. The maximum atomic E-state index is 11.5. The van der Waals surface area contributed by atoms with E-state index in [9.17, 15) is 9.90 Å². The molecule has 0 saturated carbocycles. The number of halogens is 3. The molecule has 0 amide bonds. The van der Waals surface area contributed by atoms with Gasteiger partial charge >= 0.3 is 5.97 Å². The highest BCUT2D eigenvalue weighted by molar-refractivity contribution is 9.10. The molecule has 0 aliphatic rings. The number of aliphatic carboxylic acids is 1. The summed E-state index contributed by atoms with van der Waals surface area (Å²) in [5, 5.41) is 13.6. The first-order valence-corrected chi connectivity index (χ1v) is 11.7. The molecular formula is C20H22BrCl2NO4S. The van der Waals surface area contributed by atoms with Crippen LogP contribution >= 0.6 is 50.9 Å². The van der Waals surface area contributed by atoms with Crippen LogP contribution in [0.25, 0.3) is 0 Å². The van der Waals surface area contributed by atoms with Crippen LogP contribution in [0.3, 0.4) is 0 Å². The molecule has 0 heterocycles. The summed E-state index contributed by atoms with van der Waals surface area (Å²) in [6.07, 6.45) is 2.47. The third kappa shape index (κ3) is 6.69. The summed E-state index contributed by atoms with van der Waals surface area (Å²) in [4.78, 5) is 11.5. The van der Waals surface area contributed by atoms with Crippen LogP contribution in [0.4, 0.5) is 0 Å². The smallest absolute Gasteiger partial charge is 0.320 e. The van der Waals surface area contributed by atoms with Gasteiger partial charge < -0.3 is 19.9 Å². The van der Waals surface area contributed by atoms with E-state index in [2.05, 4.69) is 21.2 Å². The Bertz CT molecular complexity index is 833. The van der Waals surface area contributed by atoms with Gasteiger partial charge in [0.15, 0.2) is 11.5 Å². The number of carbonyl (C=O) groups is 1. The lowest BCUT2D eigenvalue weighted by Gasteiger charge is -2.20. The fourth-order valence-corrected chi connectivity index (χ4v) is 4.08. The SMILES string of the molecule is COc1ccc(Br)c(CNC(CCSC)C(=O)O)c1OCc1c(Cl)cccc1Cl. The zero-order valence-electron chi connectivity index (χ0n) is 16.0. The molecule has 0 aromatic heterocycles. The van der Waals surface area contributed by atoms with Gasteiger partial charge in [-0.05, 0) is 42.7 Å². The summed E-state index contributed by atoms with van der Waals surface area (Å²) < 4.78 is 12.3. The lowest BCUT2D eigenvalue weighted by Crippen LogP contribution is -2.36. The normalized spacial score (nSPS) is 11.9. The first kappa shape index (κ1) is 24.2. The second kappa shape index (κ2) is 11.9. The van der Waals surface area contributed by atoms with Gasteiger partial charge in [-0.25, -0.2) is 0 Å². The summed E-state index contributed by atoms with van der Waals surface area (Å²) >= 11 is 17.6. The van der Waals surface area contributed by atoms with E-state index in [0.29, 0.717) is 33.5 Å². The third-order valence-corrected chi connectivity index (χ3v) is 6.34. The summed E-state index contributed by atoms with van der Waals surface area (Å²) in [6, 6.07) is 8.21. The Hall–Kier alpha value is -1.12. The van der Waals surface area contributed by atoms with Crippen LogP contribution in [-0.4, -0.2) is 36.2 Å². The van der Waals surface area contributed by atoms with E-state index in [0.717, 1.165) is 15.8 Å². The quantitative estimate of drug-likeness (QED) is 0.398. The highest BCUT2D eigenvalue weighted by atomic mass is 79.9. The van der Waals surface area contributed by atoms with E-state index in [-0.39, 0.29) is 13.2 Å². The summed E-state index contributed by atoms with van der Waals surface area (Å²) in [5.41, 5.74) is 1.42. The molecule has 5 nitrogen and oxygen atoms in total. The average Bonchev–Trinajstić information content (AvgIpc) is 2.68. The van der Waals surface area contributed by atoms with Gasteiger partial charge in [-0.15, -0.1) is 0 Å². The van der Waals surface area contributed by atoms with Crippen LogP contribution in [0.2, 0.25) is 10.0 Å². The number of rotatable bonds is 11. The van der Waals surface area contributed by atoms with Crippen LogP contribution in [0, 0.1) is 0 Å². The van der Waals surface area contributed by atoms with E-state index in [1.54, 1.807) is 43.1 Å². The maximum Gasteiger partial charge on any atom is 0.320 e. The van der Waals surface area contributed by atoms with Crippen molar-refractivity contribution in [2.24, 2.45) is 0 Å². The standard InChI is InChI=1S/C20H22BrCl2NO4S/c1-27-18-7-6-14(21)12(10-24-17(20(25)26)8-9-29-2)19(18)28-11-13-15(22)4-3-5-16(13)23/h3-7,17,24H,8-11H2,1-2H3,(H,25,26). The van der Waals surface area contributed by atoms with Crippen molar-refractivity contribution in [1.29, 1.82) is 0 Å². The molecular weight excluding hydrogens is 501 g/mol. The molecule has 0 radical (unpaired) electrons. The van der Waals surface area contributed by atoms with Crippen LogP contribution in [0.1, 0.15) is 17.5 Å². The number of thioether (sulfide) groups is 1. The molecule has 0 aliphatic heterocycles. The van der Waals surface area contributed by atoms with E-state index in [4.69, 9.17) is 32.7 Å². The average molecular weight is 523 g/mol. The highest BCUT2D eigenvalue weighted by Crippen LogP contribution is 2.37. The molecule has 1 unspecified atom stereocenters. The molecule has 0 aliphatic carbocycles. The van der Waals surface area contributed by atoms with Crippen molar-refractivity contribution in [3.05, 3.63) is 56.0 Å². The van der Waals surface area contributed by atoms with E-state index in [1.807, 2.05) is 12.3 Å². The second-order valence-corrected chi connectivity index (χ2v) is 8.75. The van der Waals surface area contributed by atoms with Gasteiger partial charge in [0, 0.05) is 32.2 Å². The number of carboxylic acids is 1. The Labute approximate surface area is 193 Å². The fourth-order valence-electron chi connectivity index (χ4n) is 2.65. The number of ether oxygens (including phenoxy) is 2. The van der Waals surface area contributed by atoms with Crippen molar-refractivity contribution in [1.82, 2.24) is 5.32 Å². The maximum absolute atomic E-state index is 11.5. The Kier molecular flexibility index (Phi) is 9.92. The second-order valence-electron chi connectivity index (χ2n) is 6.10. The molecule has 1 atom stereocenters. The fraction of sp³-hybridized carbons (Fsp3) is 0.350. The van der Waals surface area contributed by atoms with Crippen LogP contribution in [0.5, 0.6) is 11.5 Å². The summed E-state index contributed by atoms with van der Waals surface area (Å²) in [5.74, 6) is 0.893. The number of nitrogens with one attached hydrogen (secondary N) is 1. The number of hydrogen-bond donors (Lipinski definition) is 2. The van der Waals surface area contributed by atoms with Crippen LogP contribution < -0.4 is 14.8 Å². The van der Waals surface area contributed by atoms with Crippen LogP contribution in [-0.2, 0) is 17.9 Å². The Morgan fingerprint density at radius 2 is 1.93 bits per heavy atom. The van der Waals surface area contributed by atoms with E-state index in [1.165, 1.54) is 0 Å². The molecule has 2 aromatic rings. The van der Waals surface area contributed by atoms with Gasteiger partial charge in [-0.2, -0.15) is 11.8 Å². The summed E-state index contributed by atoms with van der Waals surface area (Å²) in [6.45, 7) is 0.432. The number of hydrogen-bond acceptors (Lipinski definition) is 5. The van der Waals surface area contributed by atoms with Crippen molar-refractivity contribution in [2.75, 3.05) is 19.1 Å². The predicted molar refractivity (Wildman–Crippen MR) is 123 cm³/mol. The molecule has 2 aromatic carbocycles. The Morgan fingerprint density at radius 3 is 2.52 bits per heavy atom.